The highest BCUT2D eigenvalue weighted by Gasteiger charge is 2.03. The number of carbonyl (C=O) groups excluding carboxylic acids is 1. The predicted molar refractivity (Wildman–Crippen MR) is 40.9 cm³/mol. The van der Waals surface area contributed by atoms with Gasteiger partial charge in [0.25, 0.3) is 0 Å². The first kappa shape index (κ1) is 8.44. The number of aryl methyl sites for hydroxylation is 1. The van der Waals surface area contributed by atoms with Crippen molar-refractivity contribution < 1.29 is 4.79 Å². The molecule has 0 atom stereocenters. The average Bonchev–Trinajstić information content (AvgIpc) is 2.47. The van der Waals surface area contributed by atoms with Gasteiger partial charge in [-0.1, -0.05) is 5.10 Å². The third-order valence-electron chi connectivity index (χ3n) is 1.39. The van der Waals surface area contributed by atoms with Crippen LogP contribution in [0.3, 0.4) is 0 Å². The summed E-state index contributed by atoms with van der Waals surface area (Å²) >= 11 is 0. The van der Waals surface area contributed by atoms with Crippen LogP contribution < -0.4 is 11.1 Å². The van der Waals surface area contributed by atoms with E-state index in [4.69, 9.17) is 5.73 Å². The molecule has 0 aliphatic heterocycles. The summed E-state index contributed by atoms with van der Waals surface area (Å²) in [6, 6.07) is 0. The number of tetrazole rings is 1. The number of aromatic nitrogens is 4. The van der Waals surface area contributed by atoms with Gasteiger partial charge in [0.15, 0.2) is 0 Å². The third kappa shape index (κ3) is 1.91. The van der Waals surface area contributed by atoms with E-state index in [1.807, 2.05) is 0 Å². The number of nitrogens with zero attached hydrogens (tertiary/aromatic N) is 4. The largest absolute Gasteiger partial charge is 0.367 e. The van der Waals surface area contributed by atoms with Gasteiger partial charge in [-0.15, -0.1) is 0 Å². The monoisotopic (exact) mass is 170 g/mol. The van der Waals surface area contributed by atoms with Crippen molar-refractivity contribution in [2.45, 2.75) is 13.0 Å². The predicted octanol–water partition coefficient (Wildman–Crippen LogP) is -1.61. The molecule has 0 fully saturated rings. The van der Waals surface area contributed by atoms with Gasteiger partial charge in [0.1, 0.15) is 0 Å². The molecule has 1 aromatic rings. The first-order valence-corrected chi connectivity index (χ1v) is 3.46. The Bertz CT molecular complexity index is 269. The van der Waals surface area contributed by atoms with E-state index < -0.39 is 0 Å². The van der Waals surface area contributed by atoms with Gasteiger partial charge in [0.05, 0.1) is 6.54 Å². The number of amides is 1. The second-order valence-corrected chi connectivity index (χ2v) is 2.18. The fourth-order valence-electron chi connectivity index (χ4n) is 0.703. The molecule has 0 aromatic carbocycles. The minimum atomic E-state index is -0.0649. The number of rotatable bonds is 3. The summed E-state index contributed by atoms with van der Waals surface area (Å²) in [7, 11) is 1.57. The SMILES string of the molecule is CNC(=O)CCn1nnnc1N. The number of anilines is 1. The van der Waals surface area contributed by atoms with E-state index in [0.29, 0.717) is 13.0 Å². The van der Waals surface area contributed by atoms with Gasteiger partial charge in [-0.2, -0.15) is 0 Å². The summed E-state index contributed by atoms with van der Waals surface area (Å²) in [6.07, 6.45) is 0.325. The lowest BCUT2D eigenvalue weighted by atomic mass is 10.4. The highest BCUT2D eigenvalue weighted by molar-refractivity contribution is 5.75. The topological polar surface area (TPSA) is 98.7 Å². The standard InChI is InChI=1S/C5H10N6O/c1-7-4(12)2-3-11-5(6)8-9-10-11/h2-3H2,1H3,(H,7,12)(H2,6,8,10). The molecule has 66 valence electrons. The Morgan fingerprint density at radius 1 is 1.75 bits per heavy atom. The smallest absolute Gasteiger partial charge is 0.240 e. The number of nitrogens with two attached hydrogens (primary N) is 1. The van der Waals surface area contributed by atoms with Gasteiger partial charge in [0, 0.05) is 13.5 Å². The molecule has 0 spiro atoms. The van der Waals surface area contributed by atoms with Crippen molar-refractivity contribution in [2.75, 3.05) is 12.8 Å². The minimum Gasteiger partial charge on any atom is -0.367 e. The molecule has 12 heavy (non-hydrogen) atoms. The highest BCUT2D eigenvalue weighted by atomic mass is 16.1. The average molecular weight is 170 g/mol. The van der Waals surface area contributed by atoms with E-state index in [-0.39, 0.29) is 11.9 Å². The zero-order chi connectivity index (χ0) is 8.97. The molecular formula is C5H10N6O. The summed E-state index contributed by atoms with van der Waals surface area (Å²) in [6.45, 7) is 0.401. The Hall–Kier alpha value is -1.66. The first-order valence-electron chi connectivity index (χ1n) is 3.46. The van der Waals surface area contributed by atoms with Crippen molar-refractivity contribution in [1.29, 1.82) is 0 Å². The second-order valence-electron chi connectivity index (χ2n) is 2.18. The lowest BCUT2D eigenvalue weighted by molar-refractivity contribution is -0.120. The van der Waals surface area contributed by atoms with Crippen LogP contribution in [0.25, 0.3) is 0 Å². The van der Waals surface area contributed by atoms with E-state index >= 15 is 0 Å². The molecule has 0 aliphatic rings. The van der Waals surface area contributed by atoms with Crippen LogP contribution in [0.4, 0.5) is 5.95 Å². The molecule has 0 saturated carbocycles. The van der Waals surface area contributed by atoms with Gasteiger partial charge in [-0.3, -0.25) is 4.79 Å². The van der Waals surface area contributed by atoms with Crippen LogP contribution in [-0.4, -0.2) is 33.2 Å². The van der Waals surface area contributed by atoms with Crippen molar-refractivity contribution in [1.82, 2.24) is 25.5 Å². The molecule has 3 N–H and O–H groups in total. The maximum Gasteiger partial charge on any atom is 0.240 e. The summed E-state index contributed by atoms with van der Waals surface area (Å²) in [5.41, 5.74) is 5.36. The molecule has 0 unspecified atom stereocenters. The van der Waals surface area contributed by atoms with Crippen molar-refractivity contribution in [3.05, 3.63) is 0 Å². The van der Waals surface area contributed by atoms with Crippen LogP contribution in [0, 0.1) is 0 Å². The molecule has 0 radical (unpaired) electrons. The fraction of sp³-hybridized carbons (Fsp3) is 0.600. The lowest BCUT2D eigenvalue weighted by Gasteiger charge is -1.99. The van der Waals surface area contributed by atoms with Crippen LogP contribution in [0.1, 0.15) is 6.42 Å². The molecule has 0 aliphatic carbocycles. The van der Waals surface area contributed by atoms with E-state index in [0.717, 1.165) is 0 Å². The summed E-state index contributed by atoms with van der Waals surface area (Å²) in [4.78, 5) is 10.8. The van der Waals surface area contributed by atoms with Crippen molar-refractivity contribution in [3.63, 3.8) is 0 Å². The van der Waals surface area contributed by atoms with Crippen molar-refractivity contribution in [2.24, 2.45) is 0 Å². The Labute approximate surface area is 68.9 Å². The molecule has 1 heterocycles. The van der Waals surface area contributed by atoms with Crippen molar-refractivity contribution >= 4 is 11.9 Å². The van der Waals surface area contributed by atoms with Gasteiger partial charge in [0.2, 0.25) is 11.9 Å². The zero-order valence-electron chi connectivity index (χ0n) is 6.69. The van der Waals surface area contributed by atoms with Crippen LogP contribution in [0.5, 0.6) is 0 Å². The van der Waals surface area contributed by atoms with Crippen LogP contribution in [0.15, 0.2) is 0 Å². The molecule has 7 heteroatoms. The van der Waals surface area contributed by atoms with Crippen molar-refractivity contribution in [3.8, 4) is 0 Å². The Kier molecular flexibility index (Phi) is 2.57. The number of nitrogen functional groups attached to an aromatic ring is 1. The Morgan fingerprint density at radius 3 is 3.00 bits per heavy atom. The first-order chi connectivity index (χ1) is 5.74. The van der Waals surface area contributed by atoms with Crippen LogP contribution >= 0.6 is 0 Å². The molecule has 1 rings (SSSR count). The minimum absolute atomic E-state index is 0.0649. The summed E-state index contributed by atoms with van der Waals surface area (Å²) < 4.78 is 1.37. The van der Waals surface area contributed by atoms with Gasteiger partial charge in [-0.25, -0.2) is 4.68 Å². The maximum absolute atomic E-state index is 10.8. The number of nitrogens with one attached hydrogen (secondary N) is 1. The Morgan fingerprint density at radius 2 is 2.50 bits per heavy atom. The highest BCUT2D eigenvalue weighted by Crippen LogP contribution is 1.93. The molecule has 1 aromatic heterocycles. The number of hydrogen-bond acceptors (Lipinski definition) is 5. The maximum atomic E-state index is 10.8. The normalized spacial score (nSPS) is 9.75. The van der Waals surface area contributed by atoms with E-state index in [9.17, 15) is 4.79 Å². The van der Waals surface area contributed by atoms with Crippen LogP contribution in [0.2, 0.25) is 0 Å². The Balaban J connectivity index is 2.43. The van der Waals surface area contributed by atoms with Gasteiger partial charge in [-0.05, 0) is 10.4 Å². The van der Waals surface area contributed by atoms with Gasteiger partial charge >= 0.3 is 0 Å². The zero-order valence-corrected chi connectivity index (χ0v) is 6.69. The third-order valence-corrected chi connectivity index (χ3v) is 1.39. The van der Waals surface area contributed by atoms with E-state index in [1.54, 1.807) is 7.05 Å². The van der Waals surface area contributed by atoms with Gasteiger partial charge < -0.3 is 11.1 Å². The second kappa shape index (κ2) is 3.65. The number of hydrogen-bond donors (Lipinski definition) is 2. The molecule has 1 amide bonds. The number of carbonyl (C=O) groups is 1. The molecule has 7 nitrogen and oxygen atoms in total. The van der Waals surface area contributed by atoms with Crippen LogP contribution in [-0.2, 0) is 11.3 Å². The molecule has 0 bridgehead atoms. The molecular weight excluding hydrogens is 160 g/mol. The lowest BCUT2D eigenvalue weighted by Crippen LogP contribution is -2.20. The molecule has 0 saturated heterocycles. The fourth-order valence-corrected chi connectivity index (χ4v) is 0.703. The van der Waals surface area contributed by atoms with E-state index in [1.165, 1.54) is 4.68 Å². The van der Waals surface area contributed by atoms with E-state index in [2.05, 4.69) is 20.8 Å². The summed E-state index contributed by atoms with van der Waals surface area (Å²) in [5, 5.41) is 12.9. The quantitative estimate of drug-likeness (QED) is 0.568. The summed E-state index contributed by atoms with van der Waals surface area (Å²) in [5.74, 6) is 0.156.